The van der Waals surface area contributed by atoms with E-state index in [1.54, 1.807) is 6.92 Å². The number of nitrogens with zero attached hydrogens (tertiary/aromatic N) is 4. The number of nitrogens with two attached hydrogens (primary N) is 1. The molecule has 1 atom stereocenters. The molecule has 5 heterocycles. The number of piperazine rings is 3. The number of ether oxygens (including phenoxy) is 1. The first-order chi connectivity index (χ1) is 20.4. The summed E-state index contributed by atoms with van der Waals surface area (Å²) in [7, 11) is -9.30. The van der Waals surface area contributed by atoms with Gasteiger partial charge in [0.1, 0.15) is 66.8 Å². The fourth-order valence-electron chi connectivity index (χ4n) is 6.32. The van der Waals surface area contributed by atoms with Gasteiger partial charge in [-0.05, 0) is 43.3 Å². The number of thiophene rings is 1. The third-order valence-corrected chi connectivity index (χ3v) is 13.5. The number of hydrogen-bond acceptors (Lipinski definition) is 8. The highest BCUT2D eigenvalue weighted by molar-refractivity contribution is 7.92. The molecule has 232 valence electrons. The number of sulfonamides is 1. The Kier molecular flexibility index (Phi) is 9.30. The van der Waals surface area contributed by atoms with Crippen molar-refractivity contribution >= 4 is 39.0 Å². The first kappa shape index (κ1) is 32.0. The number of quaternary nitrogens is 2. The molecular weight excluding hydrogens is 611 g/mol. The highest BCUT2D eigenvalue weighted by Gasteiger charge is 2.48. The Morgan fingerprint density at radius 2 is 1.77 bits per heavy atom. The van der Waals surface area contributed by atoms with Gasteiger partial charge >= 0.3 is 7.60 Å². The SMILES string of the molecule is Cc1c(S(=O)(=O)NC(c2ccc(C#N)nc2)P(=O)(O)O)sc2ccc(OCCC[N+]34CC[N+](CCCN)(CC3)CC4)cc12. The van der Waals surface area contributed by atoms with E-state index in [0.717, 1.165) is 47.9 Å². The van der Waals surface area contributed by atoms with Crippen LogP contribution in [0.1, 0.15) is 35.4 Å². The average Bonchev–Trinajstić information content (AvgIpc) is 3.34. The largest absolute Gasteiger partial charge is 0.493 e. The molecule has 5 N–H and O–H groups in total. The second-order valence-electron chi connectivity index (χ2n) is 11.7. The maximum Gasteiger partial charge on any atom is 0.347 e. The van der Waals surface area contributed by atoms with Crippen LogP contribution in [-0.4, -0.2) is 97.7 Å². The first-order valence-electron chi connectivity index (χ1n) is 14.4. The minimum Gasteiger partial charge on any atom is -0.493 e. The zero-order chi connectivity index (χ0) is 30.9. The Morgan fingerprint density at radius 3 is 2.33 bits per heavy atom. The molecule has 43 heavy (non-hydrogen) atoms. The van der Waals surface area contributed by atoms with E-state index in [9.17, 15) is 22.8 Å². The standard InChI is InChI=1S/C28H37N6O6PS2/c1-21-25-18-24(40-17-3-10-34-14-11-33(12-15-34,13-16-34)9-2-8-29)6-7-26(25)42-28(21)43(38,39)32-27(41(35,36)37)22-4-5-23(19-30)31-20-22/h4-7,18,20,27,32H,2-3,8-17,29H2,1H3/p+2. The number of aromatic nitrogens is 1. The first-order valence-corrected chi connectivity index (χ1v) is 18.4. The summed E-state index contributed by atoms with van der Waals surface area (Å²) in [6, 6.07) is 9.82. The summed E-state index contributed by atoms with van der Waals surface area (Å²) in [5, 5.41) is 9.66. The van der Waals surface area contributed by atoms with Crippen molar-refractivity contribution in [3.8, 4) is 11.8 Å². The number of hydrogen-bond donors (Lipinski definition) is 4. The van der Waals surface area contributed by atoms with Crippen LogP contribution < -0.4 is 15.2 Å². The second-order valence-corrected chi connectivity index (χ2v) is 16.3. The second kappa shape index (κ2) is 12.5. The average molecular weight is 651 g/mol. The molecule has 2 bridgehead atoms. The molecule has 2 aromatic heterocycles. The summed E-state index contributed by atoms with van der Waals surface area (Å²) in [6.07, 6.45) is 3.11. The molecule has 0 saturated carbocycles. The van der Waals surface area contributed by atoms with E-state index in [1.807, 2.05) is 24.3 Å². The maximum atomic E-state index is 13.4. The van der Waals surface area contributed by atoms with Gasteiger partial charge in [-0.3, -0.25) is 4.57 Å². The molecule has 0 aliphatic carbocycles. The van der Waals surface area contributed by atoms with Crippen LogP contribution >= 0.6 is 18.9 Å². The Balaban J connectivity index is 1.23. The number of aryl methyl sites for hydroxylation is 1. The quantitative estimate of drug-likeness (QED) is 0.123. The van der Waals surface area contributed by atoms with Crippen LogP contribution in [-0.2, 0) is 14.6 Å². The van der Waals surface area contributed by atoms with Crippen molar-refractivity contribution in [3.63, 3.8) is 0 Å². The van der Waals surface area contributed by atoms with E-state index in [1.165, 1.54) is 62.4 Å². The molecule has 12 nitrogen and oxygen atoms in total. The van der Waals surface area contributed by atoms with E-state index in [2.05, 4.69) is 9.71 Å². The van der Waals surface area contributed by atoms with E-state index in [4.69, 9.17) is 15.7 Å². The lowest BCUT2D eigenvalue weighted by molar-refractivity contribution is -1.08. The lowest BCUT2D eigenvalue weighted by Gasteiger charge is -2.55. The van der Waals surface area contributed by atoms with Gasteiger partial charge in [-0.2, -0.15) is 9.98 Å². The molecular formula is C28H39N6O6PS2+2. The van der Waals surface area contributed by atoms with Crippen LogP contribution in [0.25, 0.3) is 10.1 Å². The molecule has 0 radical (unpaired) electrons. The van der Waals surface area contributed by atoms with Crippen molar-refractivity contribution in [2.45, 2.75) is 29.8 Å². The van der Waals surface area contributed by atoms with Crippen molar-refractivity contribution in [1.82, 2.24) is 9.71 Å². The van der Waals surface area contributed by atoms with E-state index in [-0.39, 0.29) is 15.5 Å². The molecule has 6 rings (SSSR count). The summed E-state index contributed by atoms with van der Waals surface area (Å²) in [5.41, 5.74) is 6.22. The molecule has 15 heteroatoms. The van der Waals surface area contributed by atoms with Gasteiger partial charge in [-0.1, -0.05) is 6.07 Å². The van der Waals surface area contributed by atoms with Gasteiger partial charge < -0.3 is 29.2 Å². The van der Waals surface area contributed by atoms with Crippen molar-refractivity contribution < 1.29 is 36.5 Å². The van der Waals surface area contributed by atoms with E-state index < -0.39 is 23.4 Å². The highest BCUT2D eigenvalue weighted by Crippen LogP contribution is 2.51. The van der Waals surface area contributed by atoms with E-state index >= 15 is 0 Å². The lowest BCUT2D eigenvalue weighted by atomic mass is 10.1. The summed E-state index contributed by atoms with van der Waals surface area (Å²) in [5.74, 6) is -1.20. The van der Waals surface area contributed by atoms with Crippen LogP contribution in [0.5, 0.6) is 5.75 Å². The van der Waals surface area contributed by atoms with Crippen LogP contribution in [0, 0.1) is 18.3 Å². The van der Waals surface area contributed by atoms with Crippen molar-refractivity contribution in [2.24, 2.45) is 5.73 Å². The van der Waals surface area contributed by atoms with Gasteiger partial charge in [0.25, 0.3) is 10.0 Å². The van der Waals surface area contributed by atoms with Gasteiger partial charge in [0.2, 0.25) is 0 Å². The molecule has 1 aromatic carbocycles. The number of rotatable bonds is 13. The summed E-state index contributed by atoms with van der Waals surface area (Å²) >= 11 is 1.02. The number of nitriles is 1. The third-order valence-electron chi connectivity index (χ3n) is 8.96. The summed E-state index contributed by atoms with van der Waals surface area (Å²) in [4.78, 5) is 23.7. The molecule has 3 aromatic rings. The number of benzene rings is 1. The molecule has 3 saturated heterocycles. The fraction of sp³-hybridized carbons (Fsp3) is 0.500. The number of pyridine rings is 1. The predicted molar refractivity (Wildman–Crippen MR) is 164 cm³/mol. The minimum absolute atomic E-state index is 0.0355. The third kappa shape index (κ3) is 6.96. The summed E-state index contributed by atoms with van der Waals surface area (Å²) in [6.45, 7) is 12.6. The van der Waals surface area contributed by atoms with Gasteiger partial charge in [0.15, 0.2) is 0 Å². The maximum absolute atomic E-state index is 13.4. The van der Waals surface area contributed by atoms with Crippen molar-refractivity contribution in [3.05, 3.63) is 53.3 Å². The zero-order valence-electron chi connectivity index (χ0n) is 24.2. The van der Waals surface area contributed by atoms with Gasteiger partial charge in [0, 0.05) is 34.7 Å². The van der Waals surface area contributed by atoms with Crippen molar-refractivity contribution in [2.75, 3.05) is 65.5 Å². The minimum atomic E-state index is -4.97. The summed E-state index contributed by atoms with van der Waals surface area (Å²) < 4.78 is 50.4. The van der Waals surface area contributed by atoms with Crippen LogP contribution in [0.15, 0.2) is 40.7 Å². The monoisotopic (exact) mass is 650 g/mol. The van der Waals surface area contributed by atoms with E-state index in [0.29, 0.717) is 28.0 Å². The fourth-order valence-corrected chi connectivity index (χ4v) is 10.6. The Bertz CT molecular complexity index is 1640. The Labute approximate surface area is 256 Å². The van der Waals surface area contributed by atoms with Crippen LogP contribution in [0.3, 0.4) is 0 Å². The van der Waals surface area contributed by atoms with Crippen LogP contribution in [0.2, 0.25) is 0 Å². The molecule has 3 aliphatic heterocycles. The Morgan fingerprint density at radius 1 is 1.12 bits per heavy atom. The molecule has 0 spiro atoms. The number of fused-ring (bicyclic) bond motifs is 4. The smallest absolute Gasteiger partial charge is 0.347 e. The normalized spacial score (nSPS) is 22.9. The molecule has 3 fully saturated rings. The van der Waals surface area contributed by atoms with Crippen LogP contribution in [0.4, 0.5) is 0 Å². The Hall–Kier alpha value is -2.44. The molecule has 0 amide bonds. The number of nitrogens with one attached hydrogen (secondary N) is 1. The van der Waals surface area contributed by atoms with Gasteiger partial charge in [0.05, 0.1) is 19.7 Å². The topological polar surface area (TPSA) is 176 Å². The van der Waals surface area contributed by atoms with Gasteiger partial charge in [-0.25, -0.2) is 13.4 Å². The zero-order valence-corrected chi connectivity index (χ0v) is 26.7. The lowest BCUT2D eigenvalue weighted by Crippen LogP contribution is -2.75. The highest BCUT2D eigenvalue weighted by atomic mass is 32.2. The molecule has 3 aliphatic rings. The van der Waals surface area contributed by atoms with Gasteiger partial charge in [-0.15, -0.1) is 11.3 Å². The van der Waals surface area contributed by atoms with Crippen molar-refractivity contribution in [1.29, 1.82) is 5.26 Å². The predicted octanol–water partition coefficient (Wildman–Crippen LogP) is 2.41. The molecule has 1 unspecified atom stereocenters.